The highest BCUT2D eigenvalue weighted by molar-refractivity contribution is 8.19. The second-order valence-corrected chi connectivity index (χ2v) is 6.30. The maximum absolute atomic E-state index is 12.7. The molecule has 1 aromatic carbocycles. The summed E-state index contributed by atoms with van der Waals surface area (Å²) in [5.74, 6) is 0.653. The van der Waals surface area contributed by atoms with Gasteiger partial charge < -0.3 is 15.2 Å². The van der Waals surface area contributed by atoms with E-state index in [0.29, 0.717) is 29.6 Å². The van der Waals surface area contributed by atoms with Crippen molar-refractivity contribution in [1.29, 1.82) is 5.41 Å². The van der Waals surface area contributed by atoms with Crippen LogP contribution in [0.25, 0.3) is 6.08 Å². The molecule has 1 aromatic heterocycles. The number of carbonyl (C=O) groups is 1. The number of rotatable bonds is 7. The Bertz CT molecular complexity index is 924. The Morgan fingerprint density at radius 2 is 2.19 bits per heavy atom. The molecule has 0 bridgehead atoms. The number of amides is 1. The van der Waals surface area contributed by atoms with Crippen LogP contribution in [0.2, 0.25) is 0 Å². The molecule has 3 rings (SSSR count). The van der Waals surface area contributed by atoms with E-state index in [9.17, 15) is 4.79 Å². The maximum atomic E-state index is 12.7. The number of carbonyl (C=O) groups excluding carboxylic acids is 1. The zero-order chi connectivity index (χ0) is 19.4. The molecule has 3 N–H and O–H groups in total. The summed E-state index contributed by atoms with van der Waals surface area (Å²) in [6, 6.07) is 5.31. The van der Waals surface area contributed by atoms with Crippen LogP contribution in [0.5, 0.6) is 11.5 Å². The third-order valence-corrected chi connectivity index (χ3v) is 4.34. The molecule has 0 spiro atoms. The van der Waals surface area contributed by atoms with E-state index in [1.807, 2.05) is 6.92 Å². The number of nitrogen functional groups attached to an aromatic ring is 1. The van der Waals surface area contributed by atoms with Crippen LogP contribution < -0.4 is 20.1 Å². The van der Waals surface area contributed by atoms with Gasteiger partial charge in [-0.05, 0) is 52.8 Å². The Kier molecular flexibility index (Phi) is 5.46. The summed E-state index contributed by atoms with van der Waals surface area (Å²) in [5.41, 5.74) is 6.35. The van der Waals surface area contributed by atoms with Gasteiger partial charge in [0.05, 0.1) is 11.5 Å². The molecule has 0 aliphatic carbocycles. The second kappa shape index (κ2) is 7.96. The van der Waals surface area contributed by atoms with Crippen LogP contribution in [-0.2, 0) is 4.79 Å². The van der Waals surface area contributed by atoms with Crippen molar-refractivity contribution in [3.05, 3.63) is 41.3 Å². The van der Waals surface area contributed by atoms with Crippen LogP contribution in [0.4, 0.5) is 11.6 Å². The van der Waals surface area contributed by atoms with Crippen molar-refractivity contribution in [2.75, 3.05) is 23.8 Å². The molecule has 1 saturated heterocycles. The van der Waals surface area contributed by atoms with E-state index in [1.54, 1.807) is 30.4 Å². The van der Waals surface area contributed by atoms with Gasteiger partial charge in [0.25, 0.3) is 5.91 Å². The lowest BCUT2D eigenvalue weighted by atomic mass is 10.2. The number of amidine groups is 1. The van der Waals surface area contributed by atoms with Gasteiger partial charge in [-0.2, -0.15) is 0 Å². The molecule has 0 saturated carbocycles. The molecule has 1 fully saturated rings. The van der Waals surface area contributed by atoms with E-state index in [0.717, 1.165) is 22.2 Å². The highest BCUT2D eigenvalue weighted by atomic mass is 32.2. The minimum atomic E-state index is -0.433. The van der Waals surface area contributed by atoms with Gasteiger partial charge >= 0.3 is 0 Å². The number of hydrogen-bond acceptors (Lipinski definition) is 9. The van der Waals surface area contributed by atoms with Gasteiger partial charge in [0.2, 0.25) is 11.6 Å². The van der Waals surface area contributed by atoms with Gasteiger partial charge in [0.1, 0.15) is 6.61 Å². The quantitative estimate of drug-likeness (QED) is 0.548. The molecule has 1 aliphatic heterocycles. The summed E-state index contributed by atoms with van der Waals surface area (Å²) in [4.78, 5) is 14.0. The predicted molar refractivity (Wildman–Crippen MR) is 103 cm³/mol. The van der Waals surface area contributed by atoms with Crippen molar-refractivity contribution in [3.63, 3.8) is 0 Å². The van der Waals surface area contributed by atoms with E-state index in [4.69, 9.17) is 20.6 Å². The number of nitrogens with two attached hydrogens (primary N) is 1. The van der Waals surface area contributed by atoms with Crippen molar-refractivity contribution in [1.82, 2.24) is 10.3 Å². The molecule has 9 nitrogen and oxygen atoms in total. The summed E-state index contributed by atoms with van der Waals surface area (Å²) < 4.78 is 15.7. The van der Waals surface area contributed by atoms with Crippen molar-refractivity contribution < 1.29 is 18.9 Å². The SMILES string of the molecule is C=CCOc1ccc(C=C2SC(=N)N(c3nonc3N)C2=O)cc1OCC. The Labute approximate surface area is 159 Å². The first kappa shape index (κ1) is 18.5. The van der Waals surface area contributed by atoms with E-state index in [-0.39, 0.29) is 16.8 Å². The van der Waals surface area contributed by atoms with Gasteiger partial charge in [-0.25, -0.2) is 9.53 Å². The van der Waals surface area contributed by atoms with E-state index in [2.05, 4.69) is 21.5 Å². The van der Waals surface area contributed by atoms with Crippen LogP contribution >= 0.6 is 11.8 Å². The molecule has 0 radical (unpaired) electrons. The average Bonchev–Trinajstić information content (AvgIpc) is 3.17. The molecule has 140 valence electrons. The largest absolute Gasteiger partial charge is 0.490 e. The zero-order valence-electron chi connectivity index (χ0n) is 14.5. The van der Waals surface area contributed by atoms with Gasteiger partial charge in [-0.3, -0.25) is 10.2 Å². The number of aromatic nitrogens is 2. The normalized spacial score (nSPS) is 15.4. The van der Waals surface area contributed by atoms with Crippen LogP contribution in [-0.4, -0.2) is 34.6 Å². The Balaban J connectivity index is 1.89. The van der Waals surface area contributed by atoms with Crippen molar-refractivity contribution in [2.24, 2.45) is 0 Å². The molecule has 27 heavy (non-hydrogen) atoms. The molecule has 10 heteroatoms. The fourth-order valence-corrected chi connectivity index (χ4v) is 3.17. The molecule has 2 heterocycles. The van der Waals surface area contributed by atoms with Gasteiger partial charge in [-0.1, -0.05) is 18.7 Å². The molecular weight excluding hydrogens is 370 g/mol. The summed E-state index contributed by atoms with van der Waals surface area (Å²) >= 11 is 0.991. The van der Waals surface area contributed by atoms with Crippen LogP contribution in [0.15, 0.2) is 40.4 Å². The monoisotopic (exact) mass is 387 g/mol. The smallest absolute Gasteiger partial charge is 0.272 e. The maximum Gasteiger partial charge on any atom is 0.272 e. The first-order valence-electron chi connectivity index (χ1n) is 7.96. The van der Waals surface area contributed by atoms with E-state index >= 15 is 0 Å². The van der Waals surface area contributed by atoms with Crippen molar-refractivity contribution >= 4 is 40.5 Å². The molecule has 1 amide bonds. The average molecular weight is 387 g/mol. The highest BCUT2D eigenvalue weighted by Gasteiger charge is 2.37. The third kappa shape index (κ3) is 3.80. The van der Waals surface area contributed by atoms with Gasteiger partial charge in [0.15, 0.2) is 16.7 Å². The molecular formula is C17H17N5O4S. The number of nitrogens with one attached hydrogen (secondary N) is 1. The first-order chi connectivity index (χ1) is 13.0. The summed E-state index contributed by atoms with van der Waals surface area (Å²) in [6.45, 7) is 6.31. The van der Waals surface area contributed by atoms with Crippen molar-refractivity contribution in [2.45, 2.75) is 6.92 Å². The number of benzene rings is 1. The summed E-state index contributed by atoms with van der Waals surface area (Å²) in [5, 5.41) is 15.0. The Morgan fingerprint density at radius 1 is 1.37 bits per heavy atom. The van der Waals surface area contributed by atoms with Crippen LogP contribution in [0, 0.1) is 5.41 Å². The molecule has 1 aliphatic rings. The lowest BCUT2D eigenvalue weighted by Gasteiger charge is -2.11. The topological polar surface area (TPSA) is 128 Å². The van der Waals surface area contributed by atoms with E-state index < -0.39 is 5.91 Å². The first-order valence-corrected chi connectivity index (χ1v) is 8.78. The zero-order valence-corrected chi connectivity index (χ0v) is 15.3. The fraction of sp³-hybridized carbons (Fsp3) is 0.176. The number of nitrogens with zero attached hydrogens (tertiary/aromatic N) is 3. The second-order valence-electron chi connectivity index (χ2n) is 5.27. The standard InChI is InChI=1S/C17H17N5O4S/c1-3-7-25-11-6-5-10(8-12(11)24-4-2)9-13-16(23)22(17(19)27-13)15-14(18)20-26-21-15/h3,5-6,8-9,19H,1,4,7H2,2H3,(H2,18,20). The van der Waals surface area contributed by atoms with Gasteiger partial charge in [0, 0.05) is 0 Å². The van der Waals surface area contributed by atoms with Gasteiger partial charge in [-0.15, -0.1) is 0 Å². The highest BCUT2D eigenvalue weighted by Crippen LogP contribution is 2.37. The Hall–Kier alpha value is -3.27. The number of thioether (sulfide) groups is 1. The third-order valence-electron chi connectivity index (χ3n) is 3.45. The minimum absolute atomic E-state index is 0.00378. The summed E-state index contributed by atoms with van der Waals surface area (Å²) in [6.07, 6.45) is 3.30. The molecule has 2 aromatic rings. The van der Waals surface area contributed by atoms with Crippen LogP contribution in [0.1, 0.15) is 12.5 Å². The molecule has 0 unspecified atom stereocenters. The van der Waals surface area contributed by atoms with E-state index in [1.165, 1.54) is 0 Å². The Morgan fingerprint density at radius 3 is 2.85 bits per heavy atom. The van der Waals surface area contributed by atoms with Crippen LogP contribution in [0.3, 0.4) is 0 Å². The summed E-state index contributed by atoms with van der Waals surface area (Å²) in [7, 11) is 0. The fourth-order valence-electron chi connectivity index (χ4n) is 2.33. The lowest BCUT2D eigenvalue weighted by Crippen LogP contribution is -2.29. The number of hydrogen-bond donors (Lipinski definition) is 2. The number of anilines is 2. The lowest BCUT2D eigenvalue weighted by molar-refractivity contribution is -0.113. The van der Waals surface area contributed by atoms with Crippen molar-refractivity contribution in [3.8, 4) is 11.5 Å². The predicted octanol–water partition coefficient (Wildman–Crippen LogP) is 2.67. The number of ether oxygens (including phenoxy) is 2. The molecule has 0 atom stereocenters. The minimum Gasteiger partial charge on any atom is -0.490 e.